The summed E-state index contributed by atoms with van der Waals surface area (Å²) in [5.74, 6) is 0.543. The summed E-state index contributed by atoms with van der Waals surface area (Å²) in [6.07, 6.45) is 1.33. The first kappa shape index (κ1) is 14.3. The molecule has 1 atom stereocenters. The first-order valence-corrected chi connectivity index (χ1v) is 7.74. The SMILES string of the molecule is COc1ccc(C)cc1S(=O)(=O)NCC(O)C1CC1. The van der Waals surface area contributed by atoms with Gasteiger partial charge in [0.1, 0.15) is 10.6 Å². The van der Waals surface area contributed by atoms with Crippen molar-refractivity contribution in [3.8, 4) is 5.75 Å². The van der Waals surface area contributed by atoms with Gasteiger partial charge in [-0.25, -0.2) is 13.1 Å². The fourth-order valence-corrected chi connectivity index (χ4v) is 3.22. The van der Waals surface area contributed by atoms with Crippen molar-refractivity contribution in [2.75, 3.05) is 13.7 Å². The average Bonchev–Trinajstić information content (AvgIpc) is 3.20. The molecule has 0 bridgehead atoms. The smallest absolute Gasteiger partial charge is 0.244 e. The van der Waals surface area contributed by atoms with Gasteiger partial charge in [0.15, 0.2) is 0 Å². The fourth-order valence-electron chi connectivity index (χ4n) is 1.91. The molecule has 1 aromatic carbocycles. The zero-order valence-electron chi connectivity index (χ0n) is 11.1. The maximum atomic E-state index is 12.2. The number of rotatable bonds is 6. The van der Waals surface area contributed by atoms with Crippen molar-refractivity contribution in [2.45, 2.75) is 30.8 Å². The van der Waals surface area contributed by atoms with Gasteiger partial charge in [-0.05, 0) is 43.4 Å². The lowest BCUT2D eigenvalue weighted by molar-refractivity contribution is 0.155. The predicted octanol–water partition coefficient (Wildman–Crippen LogP) is 1.05. The van der Waals surface area contributed by atoms with E-state index >= 15 is 0 Å². The number of methoxy groups -OCH3 is 1. The lowest BCUT2D eigenvalue weighted by atomic mass is 10.2. The molecule has 2 rings (SSSR count). The van der Waals surface area contributed by atoms with Crippen molar-refractivity contribution in [3.63, 3.8) is 0 Å². The minimum atomic E-state index is -3.66. The normalized spacial score (nSPS) is 17.2. The molecule has 0 amide bonds. The third kappa shape index (κ3) is 3.46. The minimum absolute atomic E-state index is 0.0457. The molecular formula is C13H19NO4S. The maximum absolute atomic E-state index is 12.2. The monoisotopic (exact) mass is 285 g/mol. The van der Waals surface area contributed by atoms with E-state index in [1.807, 2.05) is 6.92 Å². The second-order valence-electron chi connectivity index (χ2n) is 4.91. The third-order valence-electron chi connectivity index (χ3n) is 3.26. The van der Waals surface area contributed by atoms with Gasteiger partial charge in [0.2, 0.25) is 10.0 Å². The molecule has 1 fully saturated rings. The number of aliphatic hydroxyl groups excluding tert-OH is 1. The lowest BCUT2D eigenvalue weighted by Crippen LogP contribution is -2.33. The first-order valence-electron chi connectivity index (χ1n) is 6.26. The van der Waals surface area contributed by atoms with Gasteiger partial charge >= 0.3 is 0 Å². The summed E-state index contributed by atoms with van der Waals surface area (Å²) in [5.41, 5.74) is 0.837. The van der Waals surface area contributed by atoms with Crippen molar-refractivity contribution < 1.29 is 18.3 Å². The van der Waals surface area contributed by atoms with Crippen LogP contribution >= 0.6 is 0 Å². The number of nitrogens with one attached hydrogen (secondary N) is 1. The highest BCUT2D eigenvalue weighted by atomic mass is 32.2. The summed E-state index contributed by atoms with van der Waals surface area (Å²) in [4.78, 5) is 0.109. The molecule has 0 saturated heterocycles. The summed E-state index contributed by atoms with van der Waals surface area (Å²) in [5, 5.41) is 9.72. The van der Waals surface area contributed by atoms with Crippen molar-refractivity contribution in [3.05, 3.63) is 23.8 Å². The second kappa shape index (κ2) is 5.48. The van der Waals surface area contributed by atoms with Gasteiger partial charge in [0.05, 0.1) is 13.2 Å². The van der Waals surface area contributed by atoms with Gasteiger partial charge in [0, 0.05) is 6.54 Å². The van der Waals surface area contributed by atoms with Crippen LogP contribution in [0.25, 0.3) is 0 Å². The summed E-state index contributed by atoms with van der Waals surface area (Å²) in [6, 6.07) is 4.97. The molecule has 1 unspecified atom stereocenters. The molecule has 1 saturated carbocycles. The average molecular weight is 285 g/mol. The molecule has 0 radical (unpaired) electrons. The molecule has 2 N–H and O–H groups in total. The Kier molecular flexibility index (Phi) is 4.13. The van der Waals surface area contributed by atoms with E-state index in [0.717, 1.165) is 18.4 Å². The highest BCUT2D eigenvalue weighted by Crippen LogP contribution is 2.32. The zero-order chi connectivity index (χ0) is 14.0. The number of sulfonamides is 1. The Hall–Kier alpha value is -1.11. The molecule has 0 heterocycles. The second-order valence-corrected chi connectivity index (χ2v) is 6.65. The highest BCUT2D eigenvalue weighted by Gasteiger charge is 2.31. The summed E-state index contributed by atoms with van der Waals surface area (Å²) >= 11 is 0. The van der Waals surface area contributed by atoms with Crippen LogP contribution in [0.2, 0.25) is 0 Å². The number of aryl methyl sites for hydroxylation is 1. The van der Waals surface area contributed by atoms with E-state index in [1.54, 1.807) is 18.2 Å². The zero-order valence-corrected chi connectivity index (χ0v) is 11.9. The predicted molar refractivity (Wildman–Crippen MR) is 71.7 cm³/mol. The molecule has 0 spiro atoms. The third-order valence-corrected chi connectivity index (χ3v) is 4.70. The van der Waals surface area contributed by atoms with Crippen LogP contribution in [0.4, 0.5) is 0 Å². The molecule has 1 aromatic rings. The van der Waals surface area contributed by atoms with Crippen LogP contribution in [0.15, 0.2) is 23.1 Å². The van der Waals surface area contributed by atoms with Crippen LogP contribution in [-0.4, -0.2) is 33.3 Å². The van der Waals surface area contributed by atoms with Gasteiger partial charge in [-0.1, -0.05) is 6.07 Å². The van der Waals surface area contributed by atoms with Crippen molar-refractivity contribution in [1.82, 2.24) is 4.72 Å². The van der Waals surface area contributed by atoms with Crippen LogP contribution in [-0.2, 0) is 10.0 Å². The van der Waals surface area contributed by atoms with Gasteiger partial charge in [-0.15, -0.1) is 0 Å². The topological polar surface area (TPSA) is 75.6 Å². The van der Waals surface area contributed by atoms with Crippen LogP contribution in [0, 0.1) is 12.8 Å². The fraction of sp³-hybridized carbons (Fsp3) is 0.538. The molecule has 1 aliphatic carbocycles. The number of benzene rings is 1. The van der Waals surface area contributed by atoms with Crippen LogP contribution in [0.1, 0.15) is 18.4 Å². The Balaban J connectivity index is 2.15. The van der Waals surface area contributed by atoms with Crippen LogP contribution in [0.3, 0.4) is 0 Å². The highest BCUT2D eigenvalue weighted by molar-refractivity contribution is 7.89. The maximum Gasteiger partial charge on any atom is 0.244 e. The van der Waals surface area contributed by atoms with Crippen molar-refractivity contribution >= 4 is 10.0 Å². The van der Waals surface area contributed by atoms with Crippen molar-refractivity contribution in [1.29, 1.82) is 0 Å². The molecule has 5 nitrogen and oxygen atoms in total. The van der Waals surface area contributed by atoms with E-state index in [2.05, 4.69) is 4.72 Å². The number of hydrogen-bond donors (Lipinski definition) is 2. The largest absolute Gasteiger partial charge is 0.495 e. The van der Waals surface area contributed by atoms with E-state index in [9.17, 15) is 13.5 Å². The molecule has 106 valence electrons. The summed E-state index contributed by atoms with van der Waals surface area (Å²) < 4.78 is 31.9. The van der Waals surface area contributed by atoms with E-state index in [-0.39, 0.29) is 17.4 Å². The van der Waals surface area contributed by atoms with Crippen LogP contribution < -0.4 is 9.46 Å². The Morgan fingerprint density at radius 3 is 2.74 bits per heavy atom. The Labute approximate surface area is 113 Å². The number of hydrogen-bond acceptors (Lipinski definition) is 4. The molecule has 19 heavy (non-hydrogen) atoms. The molecule has 0 aromatic heterocycles. The first-order chi connectivity index (χ1) is 8.94. The Morgan fingerprint density at radius 1 is 1.47 bits per heavy atom. The van der Waals surface area contributed by atoms with Gasteiger partial charge < -0.3 is 9.84 Å². The number of ether oxygens (including phenoxy) is 1. The molecular weight excluding hydrogens is 266 g/mol. The Morgan fingerprint density at radius 2 is 2.16 bits per heavy atom. The van der Waals surface area contributed by atoms with Crippen LogP contribution in [0.5, 0.6) is 5.75 Å². The van der Waals surface area contributed by atoms with E-state index < -0.39 is 16.1 Å². The van der Waals surface area contributed by atoms with E-state index in [4.69, 9.17) is 4.74 Å². The lowest BCUT2D eigenvalue weighted by Gasteiger charge is -2.14. The van der Waals surface area contributed by atoms with E-state index in [0.29, 0.717) is 5.75 Å². The molecule has 6 heteroatoms. The molecule has 0 aliphatic heterocycles. The van der Waals surface area contributed by atoms with Crippen molar-refractivity contribution in [2.24, 2.45) is 5.92 Å². The standard InChI is InChI=1S/C13H19NO4S/c1-9-3-6-12(18-2)13(7-9)19(16,17)14-8-11(15)10-4-5-10/h3,6-7,10-11,14-15H,4-5,8H2,1-2H3. The quantitative estimate of drug-likeness (QED) is 0.819. The minimum Gasteiger partial charge on any atom is -0.495 e. The van der Waals surface area contributed by atoms with Gasteiger partial charge in [-0.2, -0.15) is 0 Å². The molecule has 1 aliphatic rings. The van der Waals surface area contributed by atoms with Gasteiger partial charge in [-0.3, -0.25) is 0 Å². The summed E-state index contributed by atoms with van der Waals surface area (Å²) in [6.45, 7) is 1.86. The summed E-state index contributed by atoms with van der Waals surface area (Å²) in [7, 11) is -2.23. The Bertz CT molecular complexity index is 552. The van der Waals surface area contributed by atoms with Gasteiger partial charge in [0.25, 0.3) is 0 Å². The van der Waals surface area contributed by atoms with E-state index in [1.165, 1.54) is 7.11 Å². The number of aliphatic hydroxyl groups is 1.